The molecular formula is C24H24N6O3S. The minimum Gasteiger partial charge on any atom is -0.495 e. The highest BCUT2D eigenvalue weighted by atomic mass is 32.1. The summed E-state index contributed by atoms with van der Waals surface area (Å²) < 4.78 is 10.9. The molecule has 1 aliphatic heterocycles. The molecule has 174 valence electrons. The number of carbonyl (C=O) groups excluding carboxylic acids is 1. The molecule has 0 spiro atoms. The number of pyridine rings is 2. The number of nitrogens with one attached hydrogen (secondary N) is 1. The molecule has 0 atom stereocenters. The quantitative estimate of drug-likeness (QED) is 0.434. The number of nitrogens with zero attached hydrogens (tertiary/aromatic N) is 5. The van der Waals surface area contributed by atoms with E-state index in [4.69, 9.17) is 19.4 Å². The van der Waals surface area contributed by atoms with Gasteiger partial charge in [-0.05, 0) is 30.2 Å². The molecule has 0 aromatic carbocycles. The van der Waals surface area contributed by atoms with E-state index in [2.05, 4.69) is 20.2 Å². The Hall–Kier alpha value is -3.63. The lowest BCUT2D eigenvalue weighted by molar-refractivity contribution is 0.0956. The highest BCUT2D eigenvalue weighted by molar-refractivity contribution is 7.17. The maximum atomic E-state index is 13.2. The van der Waals surface area contributed by atoms with Gasteiger partial charge in [-0.3, -0.25) is 14.8 Å². The lowest BCUT2D eigenvalue weighted by Gasteiger charge is -2.28. The van der Waals surface area contributed by atoms with Gasteiger partial charge in [-0.15, -0.1) is 11.3 Å². The number of ether oxygens (including phenoxy) is 2. The van der Waals surface area contributed by atoms with E-state index in [9.17, 15) is 4.79 Å². The molecule has 0 bridgehead atoms. The lowest BCUT2D eigenvalue weighted by Crippen LogP contribution is -2.37. The molecule has 1 amide bonds. The van der Waals surface area contributed by atoms with Crippen molar-refractivity contribution in [2.24, 2.45) is 0 Å². The average Bonchev–Trinajstić information content (AvgIpc) is 3.34. The first-order valence-corrected chi connectivity index (χ1v) is 11.9. The van der Waals surface area contributed by atoms with Crippen LogP contribution in [0.1, 0.15) is 15.9 Å². The molecule has 1 fully saturated rings. The minimum atomic E-state index is -0.150. The average molecular weight is 477 g/mol. The van der Waals surface area contributed by atoms with Gasteiger partial charge in [0.05, 0.1) is 37.5 Å². The van der Waals surface area contributed by atoms with Crippen LogP contribution in [0, 0.1) is 0 Å². The molecule has 0 unspecified atom stereocenters. The molecule has 34 heavy (non-hydrogen) atoms. The summed E-state index contributed by atoms with van der Waals surface area (Å²) in [6.45, 7) is 3.10. The van der Waals surface area contributed by atoms with Crippen LogP contribution in [0.4, 0.5) is 5.82 Å². The summed E-state index contributed by atoms with van der Waals surface area (Å²) in [5.41, 5.74) is 2.27. The molecule has 4 aromatic rings. The van der Waals surface area contributed by atoms with Gasteiger partial charge in [-0.1, -0.05) is 6.07 Å². The largest absolute Gasteiger partial charge is 0.495 e. The van der Waals surface area contributed by atoms with Crippen LogP contribution < -0.4 is 15.0 Å². The first-order valence-electron chi connectivity index (χ1n) is 11.0. The maximum Gasteiger partial charge on any atom is 0.252 e. The summed E-state index contributed by atoms with van der Waals surface area (Å²) in [7, 11) is 1.61. The molecule has 5 heterocycles. The van der Waals surface area contributed by atoms with Gasteiger partial charge < -0.3 is 19.7 Å². The third kappa shape index (κ3) is 4.55. The zero-order valence-electron chi connectivity index (χ0n) is 18.7. The fraction of sp³-hybridized carbons (Fsp3) is 0.292. The van der Waals surface area contributed by atoms with Crippen LogP contribution in [0.2, 0.25) is 0 Å². The first-order chi connectivity index (χ1) is 16.7. The normalized spacial score (nSPS) is 13.7. The van der Waals surface area contributed by atoms with E-state index < -0.39 is 0 Å². The van der Waals surface area contributed by atoms with Crippen molar-refractivity contribution in [3.8, 4) is 17.3 Å². The van der Waals surface area contributed by atoms with E-state index in [1.165, 1.54) is 11.3 Å². The lowest BCUT2D eigenvalue weighted by atomic mass is 10.1. The molecular weight excluding hydrogens is 452 g/mol. The molecule has 0 saturated carbocycles. The van der Waals surface area contributed by atoms with Crippen molar-refractivity contribution in [2.75, 3.05) is 44.9 Å². The Morgan fingerprint density at radius 1 is 1.21 bits per heavy atom. The Kier molecular flexibility index (Phi) is 6.59. The molecule has 4 aromatic heterocycles. The number of hydrogen-bond acceptors (Lipinski definition) is 9. The second kappa shape index (κ2) is 10.1. The fourth-order valence-electron chi connectivity index (χ4n) is 3.91. The topological polar surface area (TPSA) is 102 Å². The van der Waals surface area contributed by atoms with Crippen LogP contribution in [0.5, 0.6) is 5.75 Å². The second-order valence-electron chi connectivity index (χ2n) is 7.71. The van der Waals surface area contributed by atoms with E-state index in [1.54, 1.807) is 25.7 Å². The zero-order valence-corrected chi connectivity index (χ0v) is 19.5. The Balaban J connectivity index is 1.44. The van der Waals surface area contributed by atoms with E-state index in [-0.39, 0.29) is 5.91 Å². The van der Waals surface area contributed by atoms with Crippen molar-refractivity contribution in [1.29, 1.82) is 0 Å². The number of anilines is 1. The van der Waals surface area contributed by atoms with Crippen LogP contribution in [-0.2, 0) is 11.2 Å². The molecule has 1 N–H and O–H groups in total. The van der Waals surface area contributed by atoms with Crippen molar-refractivity contribution in [3.63, 3.8) is 0 Å². The Morgan fingerprint density at radius 3 is 2.88 bits per heavy atom. The van der Waals surface area contributed by atoms with Crippen molar-refractivity contribution < 1.29 is 14.3 Å². The summed E-state index contributed by atoms with van der Waals surface area (Å²) in [4.78, 5) is 34.2. The monoisotopic (exact) mass is 476 g/mol. The smallest absolute Gasteiger partial charge is 0.252 e. The Labute approximate surface area is 200 Å². The highest BCUT2D eigenvalue weighted by Gasteiger charge is 2.24. The molecule has 1 aliphatic rings. The van der Waals surface area contributed by atoms with Crippen LogP contribution in [-0.4, -0.2) is 65.8 Å². The van der Waals surface area contributed by atoms with Crippen molar-refractivity contribution in [2.45, 2.75) is 6.42 Å². The number of carbonyl (C=O) groups is 1. The third-order valence-corrected chi connectivity index (χ3v) is 6.51. The number of amides is 1. The van der Waals surface area contributed by atoms with E-state index >= 15 is 0 Å². The van der Waals surface area contributed by atoms with Gasteiger partial charge in [0.1, 0.15) is 22.1 Å². The number of aromatic nitrogens is 4. The molecule has 0 aliphatic carbocycles. The van der Waals surface area contributed by atoms with Gasteiger partial charge in [0.15, 0.2) is 5.82 Å². The van der Waals surface area contributed by atoms with E-state index in [1.807, 2.05) is 29.6 Å². The summed E-state index contributed by atoms with van der Waals surface area (Å²) in [5, 5.41) is 5.66. The summed E-state index contributed by atoms with van der Waals surface area (Å²) in [6.07, 6.45) is 5.75. The first kappa shape index (κ1) is 22.2. The highest BCUT2D eigenvalue weighted by Crippen LogP contribution is 2.34. The van der Waals surface area contributed by atoms with E-state index in [0.29, 0.717) is 62.1 Å². The Bertz CT molecular complexity index is 1290. The summed E-state index contributed by atoms with van der Waals surface area (Å²) in [6, 6.07) is 7.56. The summed E-state index contributed by atoms with van der Waals surface area (Å²) >= 11 is 1.44. The predicted molar refractivity (Wildman–Crippen MR) is 131 cm³/mol. The molecule has 10 heteroatoms. The number of thiophene rings is 1. The SMILES string of the molecule is COc1cnccc1CCNC(=O)c1csc2nc(-c3ccccn3)nc(N3CCOCC3)c12. The maximum absolute atomic E-state index is 13.2. The van der Waals surface area contributed by atoms with Gasteiger partial charge >= 0.3 is 0 Å². The number of fused-ring (bicyclic) bond motifs is 1. The van der Waals surface area contributed by atoms with Crippen molar-refractivity contribution in [3.05, 3.63) is 59.4 Å². The van der Waals surface area contributed by atoms with Gasteiger partial charge in [0.2, 0.25) is 0 Å². The molecule has 5 rings (SSSR count). The van der Waals surface area contributed by atoms with Crippen molar-refractivity contribution in [1.82, 2.24) is 25.3 Å². The summed E-state index contributed by atoms with van der Waals surface area (Å²) in [5.74, 6) is 1.86. The fourth-order valence-corrected chi connectivity index (χ4v) is 4.82. The standard InChI is InChI=1S/C24H24N6O3S/c1-32-19-14-25-8-5-16(19)6-9-27-23(31)17-15-34-24-20(17)22(30-10-12-33-13-11-30)28-21(29-24)18-4-2-3-7-26-18/h2-5,7-8,14-15H,6,9-13H2,1H3,(H,27,31). The number of morpholine rings is 1. The van der Waals surface area contributed by atoms with Crippen LogP contribution in [0.25, 0.3) is 21.7 Å². The van der Waals surface area contributed by atoms with Gasteiger partial charge in [-0.25, -0.2) is 9.97 Å². The minimum absolute atomic E-state index is 0.150. The molecule has 1 saturated heterocycles. The van der Waals surface area contributed by atoms with Crippen LogP contribution in [0.15, 0.2) is 48.2 Å². The third-order valence-electron chi connectivity index (χ3n) is 5.63. The predicted octanol–water partition coefficient (Wildman–Crippen LogP) is 2.97. The van der Waals surface area contributed by atoms with E-state index in [0.717, 1.165) is 21.6 Å². The van der Waals surface area contributed by atoms with Gasteiger partial charge in [-0.2, -0.15) is 0 Å². The van der Waals surface area contributed by atoms with Crippen LogP contribution in [0.3, 0.4) is 0 Å². The molecule has 0 radical (unpaired) electrons. The Morgan fingerprint density at radius 2 is 2.09 bits per heavy atom. The number of hydrogen-bond donors (Lipinski definition) is 1. The molecule has 9 nitrogen and oxygen atoms in total. The zero-order chi connectivity index (χ0) is 23.3. The van der Waals surface area contributed by atoms with Crippen LogP contribution >= 0.6 is 11.3 Å². The number of rotatable bonds is 7. The van der Waals surface area contributed by atoms with Crippen molar-refractivity contribution >= 4 is 33.3 Å². The van der Waals surface area contributed by atoms with Gasteiger partial charge in [0, 0.05) is 37.4 Å². The number of methoxy groups -OCH3 is 1. The van der Waals surface area contributed by atoms with Gasteiger partial charge in [0.25, 0.3) is 5.91 Å². The second-order valence-corrected chi connectivity index (χ2v) is 8.57.